The Hall–Kier alpha value is -2.40. The van der Waals surface area contributed by atoms with E-state index in [9.17, 15) is 9.18 Å². The van der Waals surface area contributed by atoms with Crippen LogP contribution in [0.5, 0.6) is 0 Å². The predicted molar refractivity (Wildman–Crippen MR) is 97.3 cm³/mol. The van der Waals surface area contributed by atoms with Crippen molar-refractivity contribution < 1.29 is 13.9 Å². The minimum Gasteiger partial charge on any atom is -0.370 e. The number of hydrogen-bond donors (Lipinski definition) is 1. The van der Waals surface area contributed by atoms with E-state index in [4.69, 9.17) is 4.74 Å². The quantitative estimate of drug-likeness (QED) is 0.908. The van der Waals surface area contributed by atoms with Gasteiger partial charge >= 0.3 is 6.03 Å². The average molecular weight is 354 g/mol. The number of aryl methyl sites for hydroxylation is 1. The van der Waals surface area contributed by atoms with Gasteiger partial charge in [0.2, 0.25) is 0 Å². The third-order valence-electron chi connectivity index (χ3n) is 5.26. The van der Waals surface area contributed by atoms with Gasteiger partial charge in [-0.25, -0.2) is 9.18 Å². The number of nitrogens with zero attached hydrogens (tertiary/aromatic N) is 1. The van der Waals surface area contributed by atoms with Crippen molar-refractivity contribution in [3.8, 4) is 0 Å². The lowest BCUT2D eigenvalue weighted by Gasteiger charge is -2.34. The van der Waals surface area contributed by atoms with E-state index in [0.29, 0.717) is 19.7 Å². The first-order chi connectivity index (χ1) is 12.6. The van der Waals surface area contributed by atoms with Crippen molar-refractivity contribution >= 4 is 6.03 Å². The van der Waals surface area contributed by atoms with Crippen molar-refractivity contribution in [3.05, 3.63) is 71.0 Å². The number of rotatable bonds is 3. The molecule has 0 aromatic heterocycles. The summed E-state index contributed by atoms with van der Waals surface area (Å²) in [5.41, 5.74) is 3.04. The Kier molecular flexibility index (Phi) is 4.41. The fourth-order valence-electron chi connectivity index (χ4n) is 3.55. The molecule has 0 unspecified atom stereocenters. The Balaban J connectivity index is 1.44. The summed E-state index contributed by atoms with van der Waals surface area (Å²) in [6, 6.07) is 14.6. The predicted octanol–water partition coefficient (Wildman–Crippen LogP) is 3.91. The van der Waals surface area contributed by atoms with Crippen LogP contribution in [0.2, 0.25) is 0 Å². The van der Waals surface area contributed by atoms with Crippen LogP contribution in [0.15, 0.2) is 48.5 Å². The zero-order valence-corrected chi connectivity index (χ0v) is 14.9. The average Bonchev–Trinajstić information content (AvgIpc) is 3.43. The van der Waals surface area contributed by atoms with Gasteiger partial charge in [0.25, 0.3) is 0 Å². The van der Waals surface area contributed by atoms with Crippen molar-refractivity contribution in [2.45, 2.75) is 31.4 Å². The van der Waals surface area contributed by atoms with E-state index >= 15 is 0 Å². The van der Waals surface area contributed by atoms with Gasteiger partial charge in [-0.05, 0) is 43.0 Å². The number of carbonyl (C=O) groups excluding carboxylic acids is 1. The van der Waals surface area contributed by atoms with E-state index in [1.54, 1.807) is 17.0 Å². The first kappa shape index (κ1) is 17.0. The number of halogens is 1. The van der Waals surface area contributed by atoms with E-state index in [1.807, 2.05) is 6.07 Å². The van der Waals surface area contributed by atoms with Crippen molar-refractivity contribution in [1.29, 1.82) is 0 Å². The Labute approximate surface area is 153 Å². The summed E-state index contributed by atoms with van der Waals surface area (Å²) in [5, 5.41) is 3.23. The monoisotopic (exact) mass is 354 g/mol. The number of carbonyl (C=O) groups is 1. The van der Waals surface area contributed by atoms with Gasteiger partial charge in [0.15, 0.2) is 0 Å². The highest BCUT2D eigenvalue weighted by atomic mass is 19.1. The zero-order valence-electron chi connectivity index (χ0n) is 14.9. The molecule has 2 aromatic carbocycles. The second-order valence-electron chi connectivity index (χ2n) is 7.24. The number of hydrogen-bond acceptors (Lipinski definition) is 2. The summed E-state index contributed by atoms with van der Waals surface area (Å²) in [4.78, 5) is 14.6. The Morgan fingerprint density at radius 1 is 1.23 bits per heavy atom. The number of amides is 2. The summed E-state index contributed by atoms with van der Waals surface area (Å²) in [6.45, 7) is 3.58. The maximum Gasteiger partial charge on any atom is 0.318 e. The fourth-order valence-corrected chi connectivity index (χ4v) is 3.55. The molecule has 0 radical (unpaired) electrons. The van der Waals surface area contributed by atoms with Gasteiger partial charge in [0.1, 0.15) is 11.9 Å². The molecule has 2 aromatic rings. The fraction of sp³-hybridized carbons (Fsp3) is 0.381. The van der Waals surface area contributed by atoms with Gasteiger partial charge < -0.3 is 15.0 Å². The van der Waals surface area contributed by atoms with Crippen LogP contribution in [0.1, 0.15) is 35.6 Å². The standard InChI is InChI=1S/C21H23FN2O2/c1-15-3-2-4-17(13-15)21(9-10-21)23-20(25)24-11-12-26-19(14-24)16-5-7-18(22)8-6-16/h2-8,13,19H,9-12,14H2,1H3,(H,23,25)/t19-/m0/s1. The third kappa shape index (κ3) is 3.44. The van der Waals surface area contributed by atoms with Crippen LogP contribution in [0, 0.1) is 12.7 Å². The highest BCUT2D eigenvalue weighted by Crippen LogP contribution is 2.45. The van der Waals surface area contributed by atoms with Crippen molar-refractivity contribution in [3.63, 3.8) is 0 Å². The summed E-state index contributed by atoms with van der Waals surface area (Å²) in [6.07, 6.45) is 1.71. The molecule has 1 saturated heterocycles. The second kappa shape index (κ2) is 6.72. The third-order valence-corrected chi connectivity index (χ3v) is 5.26. The molecule has 2 aliphatic rings. The first-order valence-electron chi connectivity index (χ1n) is 9.07. The normalized spacial score (nSPS) is 21.3. The molecule has 5 heteroatoms. The van der Waals surface area contributed by atoms with Crippen LogP contribution in [0.3, 0.4) is 0 Å². The zero-order chi connectivity index (χ0) is 18.1. The Morgan fingerprint density at radius 3 is 2.69 bits per heavy atom. The maximum atomic E-state index is 13.1. The van der Waals surface area contributed by atoms with Gasteiger partial charge in [-0.2, -0.15) is 0 Å². The lowest BCUT2D eigenvalue weighted by Crippen LogP contribution is -2.50. The number of urea groups is 1. The lowest BCUT2D eigenvalue weighted by atomic mass is 10.0. The van der Waals surface area contributed by atoms with Crippen molar-refractivity contribution in [2.24, 2.45) is 0 Å². The molecular weight excluding hydrogens is 331 g/mol. The highest BCUT2D eigenvalue weighted by Gasteiger charge is 2.46. The first-order valence-corrected chi connectivity index (χ1v) is 9.07. The summed E-state index contributed by atoms with van der Waals surface area (Å²) >= 11 is 0. The highest BCUT2D eigenvalue weighted by molar-refractivity contribution is 5.76. The molecule has 1 heterocycles. The van der Waals surface area contributed by atoms with Crippen LogP contribution in [-0.4, -0.2) is 30.6 Å². The van der Waals surface area contributed by atoms with Crippen LogP contribution in [-0.2, 0) is 10.3 Å². The van der Waals surface area contributed by atoms with Crippen molar-refractivity contribution in [1.82, 2.24) is 10.2 Å². The lowest BCUT2D eigenvalue weighted by molar-refractivity contribution is -0.0159. The topological polar surface area (TPSA) is 41.6 Å². The van der Waals surface area contributed by atoms with Gasteiger partial charge in [0.05, 0.1) is 18.7 Å². The SMILES string of the molecule is Cc1cccc(C2(NC(=O)N3CCO[C@H](c4ccc(F)cc4)C3)CC2)c1. The van der Waals surface area contributed by atoms with Crippen LogP contribution in [0.25, 0.3) is 0 Å². The second-order valence-corrected chi connectivity index (χ2v) is 7.24. The van der Waals surface area contributed by atoms with E-state index < -0.39 is 0 Å². The van der Waals surface area contributed by atoms with Gasteiger partial charge in [-0.1, -0.05) is 42.0 Å². The Bertz CT molecular complexity index is 802. The van der Waals surface area contributed by atoms with Crippen molar-refractivity contribution in [2.75, 3.05) is 19.7 Å². The molecule has 4 nitrogen and oxygen atoms in total. The molecule has 0 spiro atoms. The Morgan fingerprint density at radius 2 is 2.00 bits per heavy atom. The van der Waals surface area contributed by atoms with E-state index in [2.05, 4.69) is 30.4 Å². The van der Waals surface area contributed by atoms with Gasteiger partial charge in [-0.15, -0.1) is 0 Å². The largest absolute Gasteiger partial charge is 0.370 e. The smallest absolute Gasteiger partial charge is 0.318 e. The van der Waals surface area contributed by atoms with E-state index in [1.165, 1.54) is 23.3 Å². The molecule has 1 atom stereocenters. The molecule has 1 N–H and O–H groups in total. The molecule has 2 amide bonds. The summed E-state index contributed by atoms with van der Waals surface area (Å²) in [5.74, 6) is -0.270. The molecule has 1 aliphatic heterocycles. The molecule has 0 bridgehead atoms. The molecule has 2 fully saturated rings. The number of ether oxygens (including phenoxy) is 1. The maximum absolute atomic E-state index is 13.1. The minimum atomic E-state index is -0.270. The van der Waals surface area contributed by atoms with E-state index in [0.717, 1.165) is 18.4 Å². The molecular formula is C21H23FN2O2. The molecule has 4 rings (SSSR count). The van der Waals surface area contributed by atoms with Crippen LogP contribution >= 0.6 is 0 Å². The molecule has 1 saturated carbocycles. The molecule has 1 aliphatic carbocycles. The van der Waals surface area contributed by atoms with Crippen LogP contribution < -0.4 is 5.32 Å². The number of morpholine rings is 1. The number of benzene rings is 2. The van der Waals surface area contributed by atoms with Crippen LogP contribution in [0.4, 0.5) is 9.18 Å². The minimum absolute atomic E-state index is 0.0561. The van der Waals surface area contributed by atoms with Gasteiger partial charge in [-0.3, -0.25) is 0 Å². The van der Waals surface area contributed by atoms with E-state index in [-0.39, 0.29) is 23.5 Å². The summed E-state index contributed by atoms with van der Waals surface area (Å²) in [7, 11) is 0. The number of nitrogens with one attached hydrogen (secondary N) is 1. The molecule has 136 valence electrons. The molecule has 26 heavy (non-hydrogen) atoms. The van der Waals surface area contributed by atoms with Gasteiger partial charge in [0, 0.05) is 6.54 Å². The summed E-state index contributed by atoms with van der Waals surface area (Å²) < 4.78 is 18.9.